The summed E-state index contributed by atoms with van der Waals surface area (Å²) in [6, 6.07) is 30.6. The predicted octanol–water partition coefficient (Wildman–Crippen LogP) is 14.1. The fourth-order valence-corrected chi connectivity index (χ4v) is 11.4. The fraction of sp³-hybridized carbons (Fsp3) is 0.242. The summed E-state index contributed by atoms with van der Waals surface area (Å²) in [5, 5.41) is 5.04. The van der Waals surface area contributed by atoms with E-state index in [2.05, 4.69) is 44.6 Å². The van der Waals surface area contributed by atoms with E-state index >= 15 is 4.39 Å². The zero-order valence-electron chi connectivity index (χ0n) is 47.9. The summed E-state index contributed by atoms with van der Waals surface area (Å²) < 4.78 is 88.7. The number of nitrogens with zero attached hydrogens (tertiary/aromatic N) is 6. The van der Waals surface area contributed by atoms with E-state index in [4.69, 9.17) is 18.8 Å². The van der Waals surface area contributed by atoms with Crippen LogP contribution in [0, 0.1) is 34.1 Å². The SMILES string of the molecule is CC1(C)OB(c2ccsn2)OC1(C)C.O=C(Cc1ccc(F)cc1)C1(C(=O)Cc2ccc(Oc3ccnc4cc(-c5ccsn5)ncc34)c(F)c2)CC1.O=C(Cc1ccc(F)cc1)C1(C(=O)Cc2ccc(Oc3ccnc4cc(Br)ncc34)c(F)c2)CC1. The molecule has 0 N–H and O–H groups in total. The highest BCUT2D eigenvalue weighted by molar-refractivity contribution is 9.10. The summed E-state index contributed by atoms with van der Waals surface area (Å²) in [4.78, 5) is 69.1. The van der Waals surface area contributed by atoms with Gasteiger partial charge in [-0.2, -0.15) is 4.37 Å². The van der Waals surface area contributed by atoms with E-state index in [-0.39, 0.29) is 90.3 Å². The second kappa shape index (κ2) is 25.4. The van der Waals surface area contributed by atoms with Crippen molar-refractivity contribution < 1.29 is 55.5 Å². The van der Waals surface area contributed by atoms with Crippen LogP contribution in [0.25, 0.3) is 33.2 Å². The van der Waals surface area contributed by atoms with Crippen molar-refractivity contribution in [3.63, 3.8) is 0 Å². The Morgan fingerprint density at radius 3 is 1.36 bits per heavy atom. The molecule has 13 rings (SSSR count). The molecule has 2 saturated carbocycles. The third-order valence-electron chi connectivity index (χ3n) is 16.1. The Morgan fingerprint density at radius 1 is 0.500 bits per heavy atom. The van der Waals surface area contributed by atoms with Gasteiger partial charge in [-0.25, -0.2) is 26.9 Å². The molecule has 0 radical (unpaired) electrons. The van der Waals surface area contributed by atoms with Crippen LogP contribution in [0.15, 0.2) is 161 Å². The van der Waals surface area contributed by atoms with Crippen LogP contribution in [0.5, 0.6) is 23.0 Å². The van der Waals surface area contributed by atoms with Crippen molar-refractivity contribution in [2.45, 2.75) is 90.3 Å². The van der Waals surface area contributed by atoms with Crippen molar-refractivity contribution in [1.82, 2.24) is 28.7 Å². The van der Waals surface area contributed by atoms with Gasteiger partial charge in [-0.15, -0.1) is 0 Å². The van der Waals surface area contributed by atoms with Gasteiger partial charge in [0.05, 0.1) is 55.1 Å². The van der Waals surface area contributed by atoms with Crippen molar-refractivity contribution >= 4 is 96.6 Å². The lowest BCUT2D eigenvalue weighted by molar-refractivity contribution is -0.135. The minimum atomic E-state index is -1.04. The number of Topliss-reactive ketones (excluding diaryl/α,β-unsaturated/α-hetero) is 4. The van der Waals surface area contributed by atoms with Gasteiger partial charge >= 0.3 is 7.12 Å². The van der Waals surface area contributed by atoms with E-state index in [0.29, 0.717) is 91.5 Å². The number of pyridine rings is 4. The zero-order chi connectivity index (χ0) is 62.0. The number of aromatic nitrogens is 6. The monoisotopic (exact) mass is 1290 g/mol. The third kappa shape index (κ3) is 13.7. The average molecular weight is 1290 g/mol. The fourth-order valence-electron chi connectivity index (χ4n) is 9.99. The maximum absolute atomic E-state index is 15.1. The quantitative estimate of drug-likeness (QED) is 0.0342. The van der Waals surface area contributed by atoms with Crippen molar-refractivity contribution in [1.29, 1.82) is 0 Å². The van der Waals surface area contributed by atoms with Crippen LogP contribution in [0.4, 0.5) is 17.6 Å². The highest BCUT2D eigenvalue weighted by Gasteiger charge is 2.56. The van der Waals surface area contributed by atoms with E-state index in [9.17, 15) is 32.3 Å². The Hall–Kier alpha value is -8.28. The summed E-state index contributed by atoms with van der Waals surface area (Å²) in [7, 11) is -0.314. The van der Waals surface area contributed by atoms with Crippen LogP contribution in [0.2, 0.25) is 0 Å². The first kappa shape index (κ1) is 61.4. The maximum atomic E-state index is 15.1. The highest BCUT2D eigenvalue weighted by atomic mass is 79.9. The van der Waals surface area contributed by atoms with Gasteiger partial charge in [0.25, 0.3) is 0 Å². The topological polar surface area (TPSA) is 183 Å². The Morgan fingerprint density at radius 2 is 0.932 bits per heavy atom. The minimum Gasteiger partial charge on any atom is -0.453 e. The average Bonchev–Trinajstić information content (AvgIpc) is 1.71. The molecule has 3 fully saturated rings. The molecule has 14 nitrogen and oxygen atoms in total. The van der Waals surface area contributed by atoms with Crippen LogP contribution in [0.3, 0.4) is 0 Å². The number of ketones is 4. The summed E-state index contributed by atoms with van der Waals surface area (Å²) in [6.45, 7) is 8.16. The van der Waals surface area contributed by atoms with Gasteiger partial charge in [0.15, 0.2) is 46.3 Å². The van der Waals surface area contributed by atoms with E-state index < -0.39 is 22.5 Å². The second-order valence-electron chi connectivity index (χ2n) is 22.7. The first-order chi connectivity index (χ1) is 42.2. The van der Waals surface area contributed by atoms with Crippen LogP contribution in [-0.4, -0.2) is 70.1 Å². The summed E-state index contributed by atoms with van der Waals surface area (Å²) in [5.41, 5.74) is 3.19. The Balaban J connectivity index is 0.000000150. The van der Waals surface area contributed by atoms with Crippen LogP contribution in [0.1, 0.15) is 75.6 Å². The lowest BCUT2D eigenvalue weighted by atomic mass is 9.85. The number of fused-ring (bicyclic) bond motifs is 2. The summed E-state index contributed by atoms with van der Waals surface area (Å²) in [6.07, 6.45) is 8.27. The number of hydrogen-bond donors (Lipinski definition) is 0. The maximum Gasteiger partial charge on any atom is 0.515 e. The number of halogens is 5. The molecule has 0 unspecified atom stereocenters. The number of ether oxygens (including phenoxy) is 2. The Labute approximate surface area is 520 Å². The van der Waals surface area contributed by atoms with Gasteiger partial charge in [0, 0.05) is 61.2 Å². The molecule has 22 heteroatoms. The molecule has 3 aliphatic rings. The molecule has 0 bridgehead atoms. The van der Waals surface area contributed by atoms with E-state index in [1.807, 2.05) is 50.6 Å². The van der Waals surface area contributed by atoms with Crippen LogP contribution >= 0.6 is 39.0 Å². The summed E-state index contributed by atoms with van der Waals surface area (Å²) in [5.74, 6) is -2.03. The van der Waals surface area contributed by atoms with E-state index in [1.165, 1.54) is 71.6 Å². The molecule has 446 valence electrons. The van der Waals surface area contributed by atoms with Gasteiger partial charge in [0.2, 0.25) is 0 Å². The minimum absolute atomic E-state index is 0.00389. The molecule has 1 aliphatic heterocycles. The largest absolute Gasteiger partial charge is 0.515 e. The Bertz CT molecular complexity index is 4230. The standard InChI is InChI=1S/C30H21F2N3O3S.C27H19BrF2N2O3.C9H14BNO2S/c31-20-4-1-18(2-5-20)14-28(36)30(9-10-30)29(37)15-19-3-6-27(22(32)13-19)38-26-7-11-33-24-16-25(34-17-21(24)26)23-8-12-39-35-23;28-26-14-21-19(15-32-26)22(7-10-31-21)35-23-6-3-17(11-20(23)30)13-25(34)27(8-9-27)24(33)12-16-1-4-18(29)5-2-16;1-8(2)9(3,4)13-10(12-8)7-5-6-14-11-7/h1-8,11-13,16-17H,9-10,14-15H2;1-7,10-11,14-15H,8-9,12-13H2;5-6H,1-4H3. The van der Waals surface area contributed by atoms with Crippen molar-refractivity contribution in [3.05, 3.63) is 207 Å². The number of rotatable bonds is 18. The van der Waals surface area contributed by atoms with Crippen LogP contribution < -0.4 is 15.1 Å². The van der Waals surface area contributed by atoms with Crippen LogP contribution in [-0.2, 0) is 54.2 Å². The number of carbonyl (C=O) groups is 4. The van der Waals surface area contributed by atoms with E-state index in [1.54, 1.807) is 85.5 Å². The number of hydrogen-bond acceptors (Lipinski definition) is 16. The molecule has 88 heavy (non-hydrogen) atoms. The third-order valence-corrected chi connectivity index (χ3v) is 17.7. The zero-order valence-corrected chi connectivity index (χ0v) is 51.1. The van der Waals surface area contributed by atoms with Crippen molar-refractivity contribution in [2.75, 3.05) is 0 Å². The second-order valence-corrected chi connectivity index (χ2v) is 24.8. The first-order valence-corrected chi connectivity index (χ1v) is 30.5. The molecular weight excluding hydrogens is 1240 g/mol. The van der Waals surface area contributed by atoms with Gasteiger partial charge in [-0.05, 0) is 200 Å². The summed E-state index contributed by atoms with van der Waals surface area (Å²) >= 11 is 6.04. The molecule has 0 spiro atoms. The molecule has 4 aromatic carbocycles. The molecule has 2 aliphatic carbocycles. The van der Waals surface area contributed by atoms with Crippen molar-refractivity contribution in [2.24, 2.45) is 10.8 Å². The van der Waals surface area contributed by atoms with Gasteiger partial charge in [-0.3, -0.25) is 34.1 Å². The molecule has 0 amide bonds. The lowest BCUT2D eigenvalue weighted by Gasteiger charge is -2.32. The lowest BCUT2D eigenvalue weighted by Crippen LogP contribution is -2.41. The first-order valence-electron chi connectivity index (χ1n) is 28.0. The predicted molar refractivity (Wildman–Crippen MR) is 330 cm³/mol. The van der Waals surface area contributed by atoms with E-state index in [0.717, 1.165) is 11.3 Å². The molecule has 6 aromatic heterocycles. The van der Waals surface area contributed by atoms with Gasteiger partial charge in [-0.1, -0.05) is 36.4 Å². The molecule has 10 aromatic rings. The van der Waals surface area contributed by atoms with Crippen molar-refractivity contribution in [3.8, 4) is 34.4 Å². The normalized spacial score (nSPS) is 15.5. The molecule has 0 atom stereocenters. The molecule has 1 saturated heterocycles. The van der Waals surface area contributed by atoms with Gasteiger partial charge < -0.3 is 18.8 Å². The van der Waals surface area contributed by atoms with Gasteiger partial charge in [0.1, 0.15) is 33.4 Å². The highest BCUT2D eigenvalue weighted by Crippen LogP contribution is 2.50. The number of benzene rings is 4. The molecular formula is C66H54BBrF4N6O8S2. The molecule has 7 heterocycles. The smallest absolute Gasteiger partial charge is 0.453 e. The Kier molecular flexibility index (Phi) is 17.7. The number of carbonyl (C=O) groups excluding carboxylic acids is 4.